The fourth-order valence-electron chi connectivity index (χ4n) is 4.13. The summed E-state index contributed by atoms with van der Waals surface area (Å²) in [6, 6.07) is 0. The average Bonchev–Trinajstić information content (AvgIpc) is 3.36. The summed E-state index contributed by atoms with van der Waals surface area (Å²) in [5.74, 6) is -0.203. The number of anilines is 1. The number of nitrogens with one attached hydrogen (secondary N) is 1. The Balaban J connectivity index is 1.37. The van der Waals surface area contributed by atoms with Gasteiger partial charge < -0.3 is 45.3 Å². The molecule has 0 aliphatic carbocycles. The van der Waals surface area contributed by atoms with E-state index in [0.717, 1.165) is 6.42 Å². The Labute approximate surface area is 221 Å². The third kappa shape index (κ3) is 6.46. The van der Waals surface area contributed by atoms with Crippen LogP contribution in [0.25, 0.3) is 11.2 Å². The standard InChI is InChI=1S/C20H31BrN7O8P/c21-19-25-13-16(28(19)18-14(30)15-11(35-18)10-34-37(32)36-15)26-20(23)27(17(13)31)7-1-4-12(29)24-6-3-9-33-8-2-5-22/h11,14-15,18,30,32H,1-10,22H2,(H2,23,26)(H,24,29)/t11?,14?,15-,18-,37?/m1/s1. The summed E-state index contributed by atoms with van der Waals surface area (Å²) < 4.78 is 24.5. The van der Waals surface area contributed by atoms with Gasteiger partial charge in [0.2, 0.25) is 11.9 Å². The Bertz CT molecular complexity index is 1150. The molecule has 4 rings (SSSR count). The van der Waals surface area contributed by atoms with E-state index >= 15 is 0 Å². The minimum atomic E-state index is -2.11. The zero-order valence-electron chi connectivity index (χ0n) is 20.0. The van der Waals surface area contributed by atoms with Crippen LogP contribution in [0.2, 0.25) is 0 Å². The maximum absolute atomic E-state index is 13.1. The molecule has 2 aliphatic heterocycles. The van der Waals surface area contributed by atoms with Crippen molar-refractivity contribution < 1.29 is 33.3 Å². The molecule has 1 amide bonds. The Morgan fingerprint density at radius 2 is 2.08 bits per heavy atom. The SMILES string of the molecule is NCCCOCCCNC(=O)CCCn1c(N)nc2c(nc(Br)n2[C@@H]2OC3COP(O)O[C@H]3C2O)c1=O. The van der Waals surface area contributed by atoms with Crippen LogP contribution in [0, 0.1) is 0 Å². The Hall–Kier alpha value is -1.75. The maximum Gasteiger partial charge on any atom is 0.330 e. The number of nitrogen functional groups attached to an aromatic ring is 1. The van der Waals surface area contributed by atoms with Crippen molar-refractivity contribution in [1.82, 2.24) is 24.4 Å². The van der Waals surface area contributed by atoms with Gasteiger partial charge in [-0.2, -0.15) is 4.98 Å². The van der Waals surface area contributed by atoms with E-state index in [-0.39, 0.29) is 47.3 Å². The Kier molecular flexibility index (Phi) is 9.83. The highest BCUT2D eigenvalue weighted by Gasteiger charge is 2.50. The molecule has 2 saturated heterocycles. The van der Waals surface area contributed by atoms with E-state index in [2.05, 4.69) is 31.2 Å². The van der Waals surface area contributed by atoms with Crippen molar-refractivity contribution in [2.75, 3.05) is 38.6 Å². The number of aliphatic hydroxyl groups is 1. The van der Waals surface area contributed by atoms with Crippen LogP contribution in [-0.4, -0.2) is 86.2 Å². The second-order valence-corrected chi connectivity index (χ2v) is 10.2. The van der Waals surface area contributed by atoms with Gasteiger partial charge in [-0.1, -0.05) is 0 Å². The molecule has 2 aromatic rings. The molecule has 4 heterocycles. The first-order valence-electron chi connectivity index (χ1n) is 11.9. The molecule has 37 heavy (non-hydrogen) atoms. The number of amides is 1. The topological polar surface area (TPSA) is 211 Å². The highest BCUT2D eigenvalue weighted by Crippen LogP contribution is 2.47. The quantitative estimate of drug-likeness (QED) is 0.117. The number of rotatable bonds is 12. The first kappa shape index (κ1) is 28.3. The number of fused-ring (bicyclic) bond motifs is 2. The monoisotopic (exact) mass is 607 g/mol. The third-order valence-corrected chi connectivity index (χ3v) is 7.33. The minimum Gasteiger partial charge on any atom is -0.386 e. The molecule has 0 aromatic carbocycles. The summed E-state index contributed by atoms with van der Waals surface area (Å²) in [7, 11) is -2.11. The molecule has 0 bridgehead atoms. The first-order chi connectivity index (χ1) is 17.8. The molecule has 206 valence electrons. The second-order valence-electron chi connectivity index (χ2n) is 8.57. The summed E-state index contributed by atoms with van der Waals surface area (Å²) >= 11 is 3.31. The first-order valence-corrected chi connectivity index (χ1v) is 13.8. The van der Waals surface area contributed by atoms with Crippen LogP contribution >= 0.6 is 24.5 Å². The van der Waals surface area contributed by atoms with Crippen molar-refractivity contribution in [1.29, 1.82) is 0 Å². The summed E-state index contributed by atoms with van der Waals surface area (Å²) in [5.41, 5.74) is 11.1. The van der Waals surface area contributed by atoms with E-state index in [1.807, 2.05) is 0 Å². The lowest BCUT2D eigenvalue weighted by Gasteiger charge is -2.27. The highest BCUT2D eigenvalue weighted by molar-refractivity contribution is 9.10. The van der Waals surface area contributed by atoms with Crippen LogP contribution in [0.3, 0.4) is 0 Å². The molecule has 17 heteroatoms. The molecule has 0 saturated carbocycles. The minimum absolute atomic E-state index is 0.0208. The summed E-state index contributed by atoms with van der Waals surface area (Å²) in [4.78, 5) is 43.5. The second kappa shape index (κ2) is 12.9. The number of imidazole rings is 1. The van der Waals surface area contributed by atoms with Crippen LogP contribution in [0.5, 0.6) is 0 Å². The predicted molar refractivity (Wildman–Crippen MR) is 135 cm³/mol. The number of hydrogen-bond acceptors (Lipinski definition) is 12. The van der Waals surface area contributed by atoms with Crippen LogP contribution in [0.4, 0.5) is 5.95 Å². The number of carbonyl (C=O) groups excluding carboxylic acids is 1. The number of halogens is 1. The van der Waals surface area contributed by atoms with Gasteiger partial charge >= 0.3 is 8.60 Å². The highest BCUT2D eigenvalue weighted by atomic mass is 79.9. The van der Waals surface area contributed by atoms with Gasteiger partial charge in [-0.3, -0.25) is 18.7 Å². The zero-order chi connectivity index (χ0) is 26.5. The van der Waals surface area contributed by atoms with Crippen LogP contribution in [0.1, 0.15) is 31.9 Å². The van der Waals surface area contributed by atoms with Crippen molar-refractivity contribution >= 4 is 47.6 Å². The van der Waals surface area contributed by atoms with E-state index in [1.165, 1.54) is 9.13 Å². The molecule has 2 aromatic heterocycles. The van der Waals surface area contributed by atoms with Crippen LogP contribution in [-0.2, 0) is 29.9 Å². The van der Waals surface area contributed by atoms with E-state index < -0.39 is 38.7 Å². The Morgan fingerprint density at radius 1 is 1.30 bits per heavy atom. The lowest BCUT2D eigenvalue weighted by atomic mass is 10.1. The molecule has 0 spiro atoms. The van der Waals surface area contributed by atoms with E-state index in [1.54, 1.807) is 0 Å². The number of nitrogens with two attached hydrogens (primary N) is 2. The van der Waals surface area contributed by atoms with Gasteiger partial charge in [-0.05, 0) is 41.7 Å². The van der Waals surface area contributed by atoms with Crippen molar-refractivity contribution in [3.05, 3.63) is 15.1 Å². The molecule has 0 radical (unpaired) electrons. The van der Waals surface area contributed by atoms with Gasteiger partial charge in [-0.15, -0.1) is 0 Å². The number of carbonyl (C=O) groups is 1. The molecule has 3 unspecified atom stereocenters. The summed E-state index contributed by atoms with van der Waals surface area (Å²) in [6.45, 7) is 2.46. The predicted octanol–water partition coefficient (Wildman–Crippen LogP) is -0.517. The molecule has 15 nitrogen and oxygen atoms in total. The fourth-order valence-corrected chi connectivity index (χ4v) is 5.49. The largest absolute Gasteiger partial charge is 0.386 e. The number of aromatic nitrogens is 4. The number of aliphatic hydroxyl groups excluding tert-OH is 1. The van der Waals surface area contributed by atoms with Gasteiger partial charge in [0.1, 0.15) is 18.3 Å². The number of nitrogens with zero attached hydrogens (tertiary/aromatic N) is 4. The van der Waals surface area contributed by atoms with Crippen molar-refractivity contribution in [3.8, 4) is 0 Å². The molecule has 5 atom stereocenters. The zero-order valence-corrected chi connectivity index (χ0v) is 22.5. The molecule has 7 N–H and O–H groups in total. The fraction of sp³-hybridized carbons (Fsp3) is 0.700. The lowest BCUT2D eigenvalue weighted by Crippen LogP contribution is -2.38. The average molecular weight is 608 g/mol. The van der Waals surface area contributed by atoms with E-state index in [4.69, 9.17) is 30.0 Å². The van der Waals surface area contributed by atoms with Crippen molar-refractivity contribution in [3.63, 3.8) is 0 Å². The van der Waals surface area contributed by atoms with Crippen molar-refractivity contribution in [2.45, 2.75) is 56.8 Å². The molecule has 2 aliphatic rings. The summed E-state index contributed by atoms with van der Waals surface area (Å²) in [5, 5.41) is 13.6. The normalized spacial score (nSPS) is 25.5. The van der Waals surface area contributed by atoms with Gasteiger partial charge in [-0.25, -0.2) is 4.98 Å². The van der Waals surface area contributed by atoms with Crippen LogP contribution < -0.4 is 22.3 Å². The van der Waals surface area contributed by atoms with Gasteiger partial charge in [0, 0.05) is 32.7 Å². The summed E-state index contributed by atoms with van der Waals surface area (Å²) in [6.07, 6.45) is -1.54. The maximum atomic E-state index is 13.1. The molecular formula is C20H31BrN7O8P. The van der Waals surface area contributed by atoms with Crippen molar-refractivity contribution in [2.24, 2.45) is 5.73 Å². The Morgan fingerprint density at radius 3 is 2.86 bits per heavy atom. The van der Waals surface area contributed by atoms with E-state index in [0.29, 0.717) is 39.1 Å². The number of hydrogen-bond donors (Lipinski definition) is 5. The van der Waals surface area contributed by atoms with Gasteiger partial charge in [0.15, 0.2) is 22.1 Å². The lowest BCUT2D eigenvalue weighted by molar-refractivity contribution is -0.121. The van der Waals surface area contributed by atoms with Crippen LogP contribution in [0.15, 0.2) is 9.53 Å². The number of ether oxygens (including phenoxy) is 2. The van der Waals surface area contributed by atoms with E-state index in [9.17, 15) is 19.6 Å². The molecule has 2 fully saturated rings. The third-order valence-electron chi connectivity index (χ3n) is 5.98. The molecular weight excluding hydrogens is 577 g/mol. The smallest absolute Gasteiger partial charge is 0.330 e. The van der Waals surface area contributed by atoms with Gasteiger partial charge in [0.05, 0.1) is 6.61 Å². The van der Waals surface area contributed by atoms with Gasteiger partial charge in [0.25, 0.3) is 5.56 Å².